The van der Waals surface area contributed by atoms with Gasteiger partial charge in [-0.25, -0.2) is 0 Å². The maximum absolute atomic E-state index is 12.8. The Morgan fingerprint density at radius 3 is 1.17 bits per heavy atom. The van der Waals surface area contributed by atoms with Crippen molar-refractivity contribution in [2.75, 3.05) is 13.2 Å². The van der Waals surface area contributed by atoms with Gasteiger partial charge in [0.25, 0.3) is 0 Å². The van der Waals surface area contributed by atoms with Gasteiger partial charge in [-0.15, -0.1) is 0 Å². The number of ether oxygens (including phenoxy) is 3. The zero-order valence-corrected chi connectivity index (χ0v) is 41.0. The zero-order chi connectivity index (χ0) is 46.5. The van der Waals surface area contributed by atoms with Gasteiger partial charge in [0, 0.05) is 19.3 Å². The first-order valence-corrected chi connectivity index (χ1v) is 25.6. The lowest BCUT2D eigenvalue weighted by molar-refractivity contribution is -0.167. The Kier molecular flexibility index (Phi) is 48.1. The maximum atomic E-state index is 12.8. The van der Waals surface area contributed by atoms with Gasteiger partial charge in [0.05, 0.1) is 0 Å². The monoisotopic (exact) mass is 885 g/mol. The summed E-state index contributed by atoms with van der Waals surface area (Å²) in [4.78, 5) is 37.9. The third-order valence-electron chi connectivity index (χ3n) is 10.3. The second-order valence-electron chi connectivity index (χ2n) is 16.5. The van der Waals surface area contributed by atoms with Crippen LogP contribution in [0.25, 0.3) is 0 Å². The molecule has 1 atom stereocenters. The highest BCUT2D eigenvalue weighted by atomic mass is 16.6. The van der Waals surface area contributed by atoms with Gasteiger partial charge in [-0.3, -0.25) is 14.4 Å². The molecule has 0 saturated carbocycles. The summed E-state index contributed by atoms with van der Waals surface area (Å²) in [6.07, 6.45) is 70.6. The highest BCUT2D eigenvalue weighted by Gasteiger charge is 2.19. The van der Waals surface area contributed by atoms with E-state index in [1.807, 2.05) is 54.7 Å². The second kappa shape index (κ2) is 51.4. The lowest BCUT2D eigenvalue weighted by Crippen LogP contribution is -2.30. The highest BCUT2D eigenvalue weighted by Crippen LogP contribution is 2.11. The average molecular weight is 885 g/mol. The molecule has 0 bridgehead atoms. The maximum Gasteiger partial charge on any atom is 0.306 e. The number of carbonyl (C=O) groups is 3. The molecule has 64 heavy (non-hydrogen) atoms. The summed E-state index contributed by atoms with van der Waals surface area (Å²) >= 11 is 0. The molecule has 0 radical (unpaired) electrons. The molecule has 0 fully saturated rings. The van der Waals surface area contributed by atoms with Crippen molar-refractivity contribution in [3.8, 4) is 0 Å². The molecule has 1 unspecified atom stereocenters. The van der Waals surface area contributed by atoms with Gasteiger partial charge < -0.3 is 14.2 Å². The lowest BCUT2D eigenvalue weighted by atomic mass is 10.1. The molecule has 0 rings (SSSR count). The molecular weight excluding hydrogens is 793 g/mol. The standard InChI is InChI=1S/C58H92O6/c1-4-7-10-13-16-19-22-25-27-29-31-33-36-39-42-45-48-51-57(60)63-54-55(53-62-56(59)50-47-44-41-38-35-32-24-21-18-15-12-9-6-3)64-58(61)52-49-46-43-40-37-34-30-28-26-23-20-17-14-11-8-5-2/h9,12,15,18,21,24-25,27-28,30-35,37-39,41-42,55H,4-8,10-11,13-14,16-17,19-20,22-23,26,29,36,40,43-54H2,1-3H3/b12-9+,18-15+,24-21+,27-25+,30-28+,33-31+,35-32+,37-34+,41-38+,42-39+. The van der Waals surface area contributed by atoms with Crippen LogP contribution in [0, 0.1) is 0 Å². The Labute approximate surface area is 392 Å². The number of hydrogen-bond donors (Lipinski definition) is 0. The van der Waals surface area contributed by atoms with Crippen molar-refractivity contribution in [1.29, 1.82) is 0 Å². The molecular formula is C58H92O6. The molecule has 360 valence electrons. The van der Waals surface area contributed by atoms with Crippen LogP contribution in [0.4, 0.5) is 0 Å². The molecule has 6 heteroatoms. The summed E-state index contributed by atoms with van der Waals surface area (Å²) < 4.78 is 16.6. The fourth-order valence-electron chi connectivity index (χ4n) is 6.48. The summed E-state index contributed by atoms with van der Waals surface area (Å²) in [5.74, 6) is -1.10. The quantitative estimate of drug-likeness (QED) is 0.0199. The van der Waals surface area contributed by atoms with E-state index in [2.05, 4.69) is 87.6 Å². The predicted octanol–water partition coefficient (Wildman–Crippen LogP) is 16.9. The van der Waals surface area contributed by atoms with Crippen LogP contribution in [0.3, 0.4) is 0 Å². The molecule has 0 aromatic rings. The van der Waals surface area contributed by atoms with Crippen molar-refractivity contribution in [3.05, 3.63) is 122 Å². The molecule has 6 nitrogen and oxygen atoms in total. The zero-order valence-electron chi connectivity index (χ0n) is 41.0. The Hall–Kier alpha value is -4.19. The molecule has 0 aromatic carbocycles. The van der Waals surface area contributed by atoms with Crippen molar-refractivity contribution in [3.63, 3.8) is 0 Å². The van der Waals surface area contributed by atoms with Crippen molar-refractivity contribution >= 4 is 17.9 Å². The van der Waals surface area contributed by atoms with E-state index in [-0.39, 0.29) is 50.4 Å². The number of hydrogen-bond acceptors (Lipinski definition) is 6. The summed E-state index contributed by atoms with van der Waals surface area (Å²) in [7, 11) is 0. The molecule has 0 amide bonds. The fourth-order valence-corrected chi connectivity index (χ4v) is 6.48. The van der Waals surface area contributed by atoms with Crippen LogP contribution in [-0.2, 0) is 28.6 Å². The molecule has 0 aliphatic heterocycles. The smallest absolute Gasteiger partial charge is 0.306 e. The first-order valence-electron chi connectivity index (χ1n) is 25.6. The minimum atomic E-state index is -0.844. The van der Waals surface area contributed by atoms with E-state index < -0.39 is 6.10 Å². The Morgan fingerprint density at radius 1 is 0.344 bits per heavy atom. The van der Waals surface area contributed by atoms with E-state index >= 15 is 0 Å². The SMILES string of the molecule is CC/C=C/C=C/C=C/C=C/C=C/CCCC(=O)OCC(COC(=O)CCC/C=C/C/C=C/C/C=C/CCCCCCCC)OC(=O)CCCCC/C=C/C=C/CCCCCCCCC. The predicted molar refractivity (Wildman–Crippen MR) is 274 cm³/mol. The number of unbranched alkanes of at least 4 members (excludes halogenated alkanes) is 18. The van der Waals surface area contributed by atoms with Gasteiger partial charge >= 0.3 is 17.9 Å². The molecule has 0 aliphatic carbocycles. The average Bonchev–Trinajstić information content (AvgIpc) is 3.29. The van der Waals surface area contributed by atoms with E-state index in [4.69, 9.17) is 14.2 Å². The van der Waals surface area contributed by atoms with Crippen LogP contribution in [0.5, 0.6) is 0 Å². The minimum absolute atomic E-state index is 0.141. The van der Waals surface area contributed by atoms with Crippen LogP contribution in [0.1, 0.15) is 207 Å². The topological polar surface area (TPSA) is 78.9 Å². The molecule has 0 saturated heterocycles. The van der Waals surface area contributed by atoms with Gasteiger partial charge in [-0.2, -0.15) is 0 Å². The van der Waals surface area contributed by atoms with Crippen LogP contribution < -0.4 is 0 Å². The molecule has 0 aromatic heterocycles. The van der Waals surface area contributed by atoms with Crippen molar-refractivity contribution in [2.24, 2.45) is 0 Å². The van der Waals surface area contributed by atoms with Crippen LogP contribution in [0.2, 0.25) is 0 Å². The molecule has 0 spiro atoms. The number of carbonyl (C=O) groups excluding carboxylic acids is 3. The lowest BCUT2D eigenvalue weighted by Gasteiger charge is -2.18. The fraction of sp³-hybridized carbons (Fsp3) is 0.603. The highest BCUT2D eigenvalue weighted by molar-refractivity contribution is 5.71. The normalized spacial score (nSPS) is 13.1. The Balaban J connectivity index is 4.62. The van der Waals surface area contributed by atoms with Crippen LogP contribution in [0.15, 0.2) is 122 Å². The molecule has 0 N–H and O–H groups in total. The van der Waals surface area contributed by atoms with Gasteiger partial charge in [0.2, 0.25) is 0 Å². The van der Waals surface area contributed by atoms with Crippen LogP contribution in [-0.4, -0.2) is 37.2 Å². The largest absolute Gasteiger partial charge is 0.462 e. The number of allylic oxidation sites excluding steroid dienone is 20. The van der Waals surface area contributed by atoms with E-state index in [0.717, 1.165) is 57.8 Å². The third-order valence-corrected chi connectivity index (χ3v) is 10.3. The van der Waals surface area contributed by atoms with Crippen LogP contribution >= 0.6 is 0 Å². The summed E-state index contributed by atoms with van der Waals surface area (Å²) in [6.45, 7) is 6.33. The van der Waals surface area contributed by atoms with Gasteiger partial charge in [0.15, 0.2) is 6.10 Å². The Bertz CT molecular complexity index is 1390. The first kappa shape index (κ1) is 59.8. The van der Waals surface area contributed by atoms with E-state index in [1.165, 1.54) is 89.9 Å². The van der Waals surface area contributed by atoms with Gasteiger partial charge in [0.1, 0.15) is 13.2 Å². The van der Waals surface area contributed by atoms with Gasteiger partial charge in [-0.05, 0) is 89.9 Å². The third kappa shape index (κ3) is 48.8. The van der Waals surface area contributed by atoms with Crippen molar-refractivity contribution < 1.29 is 28.6 Å². The minimum Gasteiger partial charge on any atom is -0.462 e. The van der Waals surface area contributed by atoms with Crippen molar-refractivity contribution in [2.45, 2.75) is 213 Å². The number of rotatable bonds is 44. The second-order valence-corrected chi connectivity index (χ2v) is 16.5. The van der Waals surface area contributed by atoms with Gasteiger partial charge in [-0.1, -0.05) is 219 Å². The summed E-state index contributed by atoms with van der Waals surface area (Å²) in [5, 5.41) is 0. The molecule has 0 heterocycles. The summed E-state index contributed by atoms with van der Waals surface area (Å²) in [5.41, 5.74) is 0. The first-order chi connectivity index (χ1) is 31.5. The molecule has 0 aliphatic rings. The Morgan fingerprint density at radius 2 is 0.688 bits per heavy atom. The van der Waals surface area contributed by atoms with E-state index in [1.54, 1.807) is 0 Å². The number of esters is 3. The van der Waals surface area contributed by atoms with Crippen molar-refractivity contribution in [1.82, 2.24) is 0 Å². The van der Waals surface area contributed by atoms with E-state index in [0.29, 0.717) is 19.3 Å². The summed E-state index contributed by atoms with van der Waals surface area (Å²) in [6, 6.07) is 0. The van der Waals surface area contributed by atoms with E-state index in [9.17, 15) is 14.4 Å².